The lowest BCUT2D eigenvalue weighted by Gasteiger charge is -2.22. The third-order valence-electron chi connectivity index (χ3n) is 13.3. The second kappa shape index (κ2) is 56.2. The van der Waals surface area contributed by atoms with Gasteiger partial charge in [0.1, 0.15) is 25.3 Å². The molecule has 0 saturated carbocycles. The van der Waals surface area contributed by atoms with Crippen molar-refractivity contribution in [3.8, 4) is 0 Å². The van der Waals surface area contributed by atoms with E-state index in [1.165, 1.54) is 44.9 Å². The average molecular weight is 1340 g/mol. The zero-order valence-electron chi connectivity index (χ0n) is 50.7. The number of carboxylic acid groups (broad SMARTS) is 3. The molecule has 0 aromatic carbocycles. The van der Waals surface area contributed by atoms with Gasteiger partial charge in [0.2, 0.25) is 47.3 Å². The highest BCUT2D eigenvalue weighted by atomic mass is 127. The summed E-state index contributed by atoms with van der Waals surface area (Å²) in [4.78, 5) is 131. The normalized spacial score (nSPS) is 12.4. The molecule has 8 amide bonds. The molecular formula is C57H103IN10O18. The lowest BCUT2D eigenvalue weighted by atomic mass is 10.0. The molecule has 0 aliphatic rings. The van der Waals surface area contributed by atoms with Crippen molar-refractivity contribution in [1.82, 2.24) is 46.1 Å². The zero-order valence-corrected chi connectivity index (χ0v) is 52.9. The maximum Gasteiger partial charge on any atom is 0.326 e. The van der Waals surface area contributed by atoms with Crippen LogP contribution in [0, 0.1) is 0 Å². The highest BCUT2D eigenvalue weighted by molar-refractivity contribution is 14.1. The number of nitrogens with one attached hydrogen (secondary N) is 9. The molecule has 0 fully saturated rings. The minimum absolute atomic E-state index is 0.0211. The summed E-state index contributed by atoms with van der Waals surface area (Å²) < 4.78 is 24.4. The van der Waals surface area contributed by atoms with Crippen LogP contribution >= 0.6 is 22.9 Å². The molecule has 14 N–H and O–H groups in total. The fourth-order valence-corrected chi connectivity index (χ4v) is 8.90. The number of rotatable bonds is 61. The molecule has 0 unspecified atom stereocenters. The summed E-state index contributed by atoms with van der Waals surface area (Å²) in [7, 11) is 0. The van der Waals surface area contributed by atoms with Gasteiger partial charge in [-0.05, 0) is 64.2 Å². The van der Waals surface area contributed by atoms with Crippen molar-refractivity contribution in [2.24, 2.45) is 5.73 Å². The van der Waals surface area contributed by atoms with Crippen LogP contribution in [-0.2, 0) is 71.7 Å². The first kappa shape index (κ1) is 80.7. The van der Waals surface area contributed by atoms with E-state index >= 15 is 0 Å². The second-order valence-electron chi connectivity index (χ2n) is 20.8. The number of hydrogen-bond donors (Lipinski definition) is 13. The van der Waals surface area contributed by atoms with Crippen molar-refractivity contribution in [1.29, 1.82) is 0 Å². The molecule has 0 aliphatic carbocycles. The van der Waals surface area contributed by atoms with Gasteiger partial charge >= 0.3 is 17.9 Å². The summed E-state index contributed by atoms with van der Waals surface area (Å²) in [6.07, 6.45) is 18.7. The average Bonchev–Trinajstić information content (AvgIpc) is 3.59. The van der Waals surface area contributed by atoms with Gasteiger partial charge in [0, 0.05) is 94.1 Å². The molecule has 0 rings (SSSR count). The van der Waals surface area contributed by atoms with E-state index in [0.29, 0.717) is 45.2 Å². The van der Waals surface area contributed by atoms with Crippen molar-refractivity contribution < 1.29 is 87.0 Å². The SMILES string of the molecule is CC[C@H](N[C@H](CCCCNC(=O)CC[C@H](NC(=O)CCCNC(=O)COCCOCCNC(=O)COCCOCCNC(=O)CC[C@H](NC(=O)CCCNC(=O)CCCCCCCCCCCCCCCCC(=O)O)C(=O)O)C(=O)O)NI)C(N)=O. The minimum atomic E-state index is -1.27. The van der Waals surface area contributed by atoms with Crippen LogP contribution < -0.4 is 51.8 Å². The summed E-state index contributed by atoms with van der Waals surface area (Å²) in [5.41, 5.74) is 5.39. The molecule has 0 aromatic rings. The molecule has 29 heteroatoms. The van der Waals surface area contributed by atoms with E-state index in [1.807, 2.05) is 29.8 Å². The Labute approximate surface area is 521 Å². The number of carboxylic acids is 3. The molecule has 28 nitrogen and oxygen atoms in total. The molecule has 86 heavy (non-hydrogen) atoms. The van der Waals surface area contributed by atoms with Crippen molar-refractivity contribution in [2.45, 2.75) is 211 Å². The zero-order chi connectivity index (χ0) is 63.8. The van der Waals surface area contributed by atoms with Gasteiger partial charge in [-0.15, -0.1) is 0 Å². The van der Waals surface area contributed by atoms with E-state index in [4.69, 9.17) is 29.8 Å². The van der Waals surface area contributed by atoms with Crippen LogP contribution in [0.2, 0.25) is 0 Å². The number of nitrogens with two attached hydrogens (primary N) is 1. The third-order valence-corrected chi connectivity index (χ3v) is 14.1. The molecule has 0 saturated heterocycles. The van der Waals surface area contributed by atoms with Crippen LogP contribution in [0.1, 0.15) is 187 Å². The molecule has 0 aromatic heterocycles. The summed E-state index contributed by atoms with van der Waals surface area (Å²) in [6.45, 7) is 3.35. The van der Waals surface area contributed by atoms with Crippen LogP contribution in [0.25, 0.3) is 0 Å². The number of ether oxygens (including phenoxy) is 4. The Hall–Kier alpha value is -5.34. The molecule has 0 spiro atoms. The molecule has 0 aliphatic heterocycles. The molecule has 0 radical (unpaired) electrons. The van der Waals surface area contributed by atoms with E-state index in [9.17, 15) is 63.0 Å². The van der Waals surface area contributed by atoms with Gasteiger partial charge in [-0.1, -0.05) is 84.0 Å². The van der Waals surface area contributed by atoms with Crippen LogP contribution in [0.4, 0.5) is 0 Å². The van der Waals surface area contributed by atoms with Crippen molar-refractivity contribution in [3.05, 3.63) is 0 Å². The number of unbranched alkanes of at least 4 members (excludes halogenated alkanes) is 14. The first-order valence-electron chi connectivity index (χ1n) is 30.7. The van der Waals surface area contributed by atoms with Crippen molar-refractivity contribution in [2.75, 3.05) is 85.6 Å². The lowest BCUT2D eigenvalue weighted by molar-refractivity contribution is -0.142. The fourth-order valence-electron chi connectivity index (χ4n) is 8.41. The van der Waals surface area contributed by atoms with Gasteiger partial charge in [0.15, 0.2) is 0 Å². The number of amides is 8. The second-order valence-corrected chi connectivity index (χ2v) is 21.4. The Balaban J connectivity index is 3.83. The largest absolute Gasteiger partial charge is 0.481 e. The van der Waals surface area contributed by atoms with Gasteiger partial charge < -0.3 is 77.2 Å². The third kappa shape index (κ3) is 51.8. The van der Waals surface area contributed by atoms with Gasteiger partial charge in [0.05, 0.1) is 51.8 Å². The monoisotopic (exact) mass is 1340 g/mol. The maximum atomic E-state index is 12.4. The Morgan fingerprint density at radius 3 is 1.15 bits per heavy atom. The first-order valence-corrected chi connectivity index (χ1v) is 31.8. The molecule has 4 atom stereocenters. The summed E-state index contributed by atoms with van der Waals surface area (Å²) in [5.74, 6) is -6.36. The van der Waals surface area contributed by atoms with E-state index < -0.39 is 65.6 Å². The van der Waals surface area contributed by atoms with Gasteiger partial charge in [0.25, 0.3) is 0 Å². The van der Waals surface area contributed by atoms with Crippen LogP contribution in [0.15, 0.2) is 0 Å². The molecule has 0 bridgehead atoms. The van der Waals surface area contributed by atoms with E-state index in [2.05, 4.69) is 46.1 Å². The number of primary amides is 1. The summed E-state index contributed by atoms with van der Waals surface area (Å²) >= 11 is 1.99. The Kier molecular flexibility index (Phi) is 52.7. The van der Waals surface area contributed by atoms with E-state index in [-0.39, 0.29) is 148 Å². The number of carbonyl (C=O) groups excluding carboxylic acids is 8. The number of carbonyl (C=O) groups is 11. The van der Waals surface area contributed by atoms with Crippen molar-refractivity contribution in [3.63, 3.8) is 0 Å². The number of halogens is 1. The maximum absolute atomic E-state index is 12.4. The Bertz CT molecular complexity index is 1930. The van der Waals surface area contributed by atoms with Crippen molar-refractivity contribution >= 4 is 88.0 Å². The summed E-state index contributed by atoms with van der Waals surface area (Å²) in [6, 6.07) is -2.96. The van der Waals surface area contributed by atoms with Gasteiger partial charge in [-0.3, -0.25) is 48.5 Å². The first-order chi connectivity index (χ1) is 41.4. The summed E-state index contributed by atoms with van der Waals surface area (Å²) in [5, 5.41) is 49.2. The predicted octanol–water partition coefficient (Wildman–Crippen LogP) is 2.51. The molecular weight excluding hydrogens is 1240 g/mol. The molecule has 0 heterocycles. The van der Waals surface area contributed by atoms with Gasteiger partial charge in [-0.25, -0.2) is 13.1 Å². The topological polar surface area (TPSA) is 420 Å². The minimum Gasteiger partial charge on any atom is -0.481 e. The Morgan fingerprint density at radius 1 is 0.384 bits per heavy atom. The predicted molar refractivity (Wildman–Crippen MR) is 327 cm³/mol. The Morgan fingerprint density at radius 2 is 0.744 bits per heavy atom. The van der Waals surface area contributed by atoms with Gasteiger partial charge in [-0.2, -0.15) is 0 Å². The standard InChI is InChI=1S/C57H103IN10O18/c1-2-43(55(59)78)65-46(68-58)21-17-18-30-60-48(70)28-26-44(56(79)80)66-51(73)24-20-32-62-52(74)41-85-39-38-84-36-34-64-53(75)42-86-40-37-83-35-33-63-49(71)29-27-45(57(81)82)67-50(72)23-19-31-61-47(69)22-15-13-11-9-7-5-3-4-6-8-10-12-14-16-25-54(76)77/h43-46,65,68H,2-42H2,1H3,(H2,59,78)(H,60,70)(H,61,69)(H,62,74)(H,63,71)(H,64,75)(H,66,73)(H,67,72)(H,76,77)(H,79,80)(H,81,82)/t43-,44-,45-,46-/m0/s1. The van der Waals surface area contributed by atoms with E-state index in [1.54, 1.807) is 0 Å². The highest BCUT2D eigenvalue weighted by Crippen LogP contribution is 2.14. The fraction of sp³-hybridized carbons (Fsp3) is 0.807. The van der Waals surface area contributed by atoms with Crippen LogP contribution in [0.3, 0.4) is 0 Å². The molecule has 496 valence electrons. The van der Waals surface area contributed by atoms with Crippen LogP contribution in [0.5, 0.6) is 0 Å². The smallest absolute Gasteiger partial charge is 0.326 e. The lowest BCUT2D eigenvalue weighted by Crippen LogP contribution is -2.49. The van der Waals surface area contributed by atoms with E-state index in [0.717, 1.165) is 51.4 Å². The highest BCUT2D eigenvalue weighted by Gasteiger charge is 2.23. The quantitative estimate of drug-likeness (QED) is 0.0180. The number of hydrogen-bond acceptors (Lipinski definition) is 17. The van der Waals surface area contributed by atoms with Crippen LogP contribution in [-0.4, -0.2) is 190 Å². The number of aliphatic carboxylic acids is 3.